The largest absolute Gasteiger partial charge is 0.398 e. The topological polar surface area (TPSA) is 43.1 Å². The van der Waals surface area contributed by atoms with E-state index in [1.54, 1.807) is 30.3 Å². The van der Waals surface area contributed by atoms with E-state index in [0.29, 0.717) is 21.3 Å². The minimum Gasteiger partial charge on any atom is -0.398 e. The van der Waals surface area contributed by atoms with Crippen LogP contribution in [0.1, 0.15) is 21.5 Å². The molecule has 0 aliphatic carbocycles. The number of Topliss-reactive ketones (excluding diaryl/α,β-unsaturated/α-hetero) is 1. The van der Waals surface area contributed by atoms with E-state index in [0.717, 1.165) is 5.56 Å². The number of halogens is 2. The van der Waals surface area contributed by atoms with Crippen molar-refractivity contribution >= 4 is 27.4 Å². The van der Waals surface area contributed by atoms with Gasteiger partial charge in [-0.25, -0.2) is 4.39 Å². The average Bonchev–Trinajstić information content (AvgIpc) is 2.38. The Bertz CT molecular complexity index is 640. The van der Waals surface area contributed by atoms with Crippen molar-refractivity contribution in [2.24, 2.45) is 0 Å². The Balaban J connectivity index is 2.31. The molecule has 98 valence electrons. The highest BCUT2D eigenvalue weighted by atomic mass is 79.9. The highest BCUT2D eigenvalue weighted by Gasteiger charge is 2.14. The van der Waals surface area contributed by atoms with Crippen LogP contribution in [0, 0.1) is 12.7 Å². The first-order valence-electron chi connectivity index (χ1n) is 5.82. The van der Waals surface area contributed by atoms with Crippen molar-refractivity contribution in [2.75, 3.05) is 5.73 Å². The van der Waals surface area contributed by atoms with Gasteiger partial charge < -0.3 is 5.73 Å². The monoisotopic (exact) mass is 321 g/mol. The van der Waals surface area contributed by atoms with Crippen LogP contribution in [0.4, 0.5) is 10.1 Å². The molecule has 0 unspecified atom stereocenters. The Morgan fingerprint density at radius 3 is 2.68 bits per heavy atom. The third-order valence-electron chi connectivity index (χ3n) is 3.06. The maximum absolute atomic E-state index is 13.4. The molecule has 0 aliphatic rings. The van der Waals surface area contributed by atoms with Crippen molar-refractivity contribution in [2.45, 2.75) is 13.3 Å². The number of carbonyl (C=O) groups is 1. The highest BCUT2D eigenvalue weighted by Crippen LogP contribution is 2.23. The van der Waals surface area contributed by atoms with Gasteiger partial charge in [0.05, 0.1) is 4.47 Å². The lowest BCUT2D eigenvalue weighted by Crippen LogP contribution is -2.08. The SMILES string of the molecule is Cc1c(N)cccc1C(=O)Cc1cccc(F)c1Br. The third kappa shape index (κ3) is 2.84. The zero-order chi connectivity index (χ0) is 14.0. The van der Waals surface area contributed by atoms with Gasteiger partial charge in [0.1, 0.15) is 5.82 Å². The zero-order valence-electron chi connectivity index (χ0n) is 10.4. The van der Waals surface area contributed by atoms with Crippen LogP contribution in [0.2, 0.25) is 0 Å². The smallest absolute Gasteiger partial charge is 0.167 e. The number of hydrogen-bond acceptors (Lipinski definition) is 2. The second kappa shape index (κ2) is 5.53. The fourth-order valence-corrected chi connectivity index (χ4v) is 2.31. The van der Waals surface area contributed by atoms with Crippen molar-refractivity contribution in [3.05, 3.63) is 63.4 Å². The van der Waals surface area contributed by atoms with Gasteiger partial charge in [0.25, 0.3) is 0 Å². The van der Waals surface area contributed by atoms with Crippen LogP contribution >= 0.6 is 15.9 Å². The van der Waals surface area contributed by atoms with E-state index in [4.69, 9.17) is 5.73 Å². The molecule has 2 N–H and O–H groups in total. The summed E-state index contributed by atoms with van der Waals surface area (Å²) in [4.78, 5) is 12.3. The average molecular weight is 322 g/mol. The molecule has 0 aromatic heterocycles. The molecule has 2 aromatic rings. The van der Waals surface area contributed by atoms with Crippen LogP contribution in [-0.2, 0) is 6.42 Å². The van der Waals surface area contributed by atoms with E-state index >= 15 is 0 Å². The molecule has 0 radical (unpaired) electrons. The summed E-state index contributed by atoms with van der Waals surface area (Å²) in [5, 5.41) is 0. The number of anilines is 1. The van der Waals surface area contributed by atoms with Gasteiger partial charge in [-0.05, 0) is 46.1 Å². The fourth-order valence-electron chi connectivity index (χ4n) is 1.91. The molecule has 0 fully saturated rings. The lowest BCUT2D eigenvalue weighted by atomic mass is 9.98. The van der Waals surface area contributed by atoms with Gasteiger partial charge in [0.2, 0.25) is 0 Å². The van der Waals surface area contributed by atoms with Crippen LogP contribution < -0.4 is 5.73 Å². The first-order valence-corrected chi connectivity index (χ1v) is 6.61. The molecule has 19 heavy (non-hydrogen) atoms. The predicted octanol–water partition coefficient (Wildman–Crippen LogP) is 3.90. The predicted molar refractivity (Wildman–Crippen MR) is 77.7 cm³/mol. The van der Waals surface area contributed by atoms with Crippen molar-refractivity contribution in [3.63, 3.8) is 0 Å². The highest BCUT2D eigenvalue weighted by molar-refractivity contribution is 9.10. The van der Waals surface area contributed by atoms with Crippen LogP contribution in [0.5, 0.6) is 0 Å². The molecule has 0 spiro atoms. The summed E-state index contributed by atoms with van der Waals surface area (Å²) in [6, 6.07) is 9.91. The summed E-state index contributed by atoms with van der Waals surface area (Å²) in [5.41, 5.74) is 8.35. The lowest BCUT2D eigenvalue weighted by molar-refractivity contribution is 0.0992. The van der Waals surface area contributed by atoms with Gasteiger partial charge in [-0.3, -0.25) is 4.79 Å². The van der Waals surface area contributed by atoms with Gasteiger partial charge in [0.15, 0.2) is 5.78 Å². The molecule has 4 heteroatoms. The summed E-state index contributed by atoms with van der Waals surface area (Å²) in [6.45, 7) is 1.81. The van der Waals surface area contributed by atoms with E-state index < -0.39 is 0 Å². The third-order valence-corrected chi connectivity index (χ3v) is 3.95. The molecule has 0 saturated heterocycles. The van der Waals surface area contributed by atoms with Gasteiger partial charge in [-0.15, -0.1) is 0 Å². The standard InChI is InChI=1S/C15H13BrFNO/c1-9-11(5-3-7-13(9)18)14(19)8-10-4-2-6-12(17)15(10)16/h2-7H,8,18H2,1H3. The van der Waals surface area contributed by atoms with Gasteiger partial charge in [-0.2, -0.15) is 0 Å². The number of nitrogens with two attached hydrogens (primary N) is 1. The molecular weight excluding hydrogens is 309 g/mol. The van der Waals surface area contributed by atoms with Crippen LogP contribution in [-0.4, -0.2) is 5.78 Å². The molecular formula is C15H13BrFNO. The molecule has 2 rings (SSSR count). The second-order valence-corrected chi connectivity index (χ2v) is 5.13. The van der Waals surface area contributed by atoms with Crippen molar-refractivity contribution in [1.82, 2.24) is 0 Å². The Hall–Kier alpha value is -1.68. The van der Waals surface area contributed by atoms with Crippen molar-refractivity contribution in [3.8, 4) is 0 Å². The van der Waals surface area contributed by atoms with Crippen LogP contribution in [0.25, 0.3) is 0 Å². The summed E-state index contributed by atoms with van der Waals surface area (Å²) in [6.07, 6.45) is 0.142. The molecule has 0 aliphatic heterocycles. The molecule has 0 bridgehead atoms. The number of carbonyl (C=O) groups excluding carboxylic acids is 1. The van der Waals surface area contributed by atoms with Gasteiger partial charge >= 0.3 is 0 Å². The molecule has 2 nitrogen and oxygen atoms in total. The first-order chi connectivity index (χ1) is 9.00. The Kier molecular flexibility index (Phi) is 4.00. The molecule has 2 aromatic carbocycles. The van der Waals surface area contributed by atoms with Gasteiger partial charge in [-0.1, -0.05) is 24.3 Å². The number of ketones is 1. The molecule has 0 heterocycles. The minimum absolute atomic E-state index is 0.0731. The number of nitrogen functional groups attached to an aromatic ring is 1. The number of rotatable bonds is 3. The summed E-state index contributed by atoms with van der Waals surface area (Å²) >= 11 is 3.16. The molecule has 0 saturated carbocycles. The Labute approximate surface area is 119 Å². The Morgan fingerprint density at radius 1 is 1.26 bits per heavy atom. The van der Waals surface area contributed by atoms with E-state index in [9.17, 15) is 9.18 Å². The van der Waals surface area contributed by atoms with E-state index in [1.807, 2.05) is 6.92 Å². The van der Waals surface area contributed by atoms with Crippen LogP contribution in [0.3, 0.4) is 0 Å². The van der Waals surface area contributed by atoms with Crippen molar-refractivity contribution in [1.29, 1.82) is 0 Å². The molecule has 0 amide bonds. The summed E-state index contributed by atoms with van der Waals surface area (Å²) in [5.74, 6) is -0.439. The lowest BCUT2D eigenvalue weighted by Gasteiger charge is -2.08. The Morgan fingerprint density at radius 2 is 1.95 bits per heavy atom. The van der Waals surface area contributed by atoms with Crippen molar-refractivity contribution < 1.29 is 9.18 Å². The zero-order valence-corrected chi connectivity index (χ0v) is 12.0. The first kappa shape index (κ1) is 13.7. The summed E-state index contributed by atoms with van der Waals surface area (Å²) < 4.78 is 13.7. The number of hydrogen-bond donors (Lipinski definition) is 1. The summed E-state index contributed by atoms with van der Waals surface area (Å²) in [7, 11) is 0. The quantitative estimate of drug-likeness (QED) is 0.688. The van der Waals surface area contributed by atoms with E-state index in [2.05, 4.69) is 15.9 Å². The maximum Gasteiger partial charge on any atom is 0.167 e. The molecule has 0 atom stereocenters. The van der Waals surface area contributed by atoms with E-state index in [1.165, 1.54) is 6.07 Å². The normalized spacial score (nSPS) is 10.5. The van der Waals surface area contributed by atoms with Gasteiger partial charge in [0, 0.05) is 17.7 Å². The number of benzene rings is 2. The minimum atomic E-state index is -0.366. The second-order valence-electron chi connectivity index (χ2n) is 4.33. The maximum atomic E-state index is 13.4. The van der Waals surface area contributed by atoms with E-state index in [-0.39, 0.29) is 18.0 Å². The van der Waals surface area contributed by atoms with Crippen LogP contribution in [0.15, 0.2) is 40.9 Å². The fraction of sp³-hybridized carbons (Fsp3) is 0.133.